The van der Waals surface area contributed by atoms with Gasteiger partial charge in [0.15, 0.2) is 0 Å². The molecule has 4 heteroatoms. The molecule has 3 nitrogen and oxygen atoms in total. The molecule has 1 heterocycles. The fourth-order valence-electron chi connectivity index (χ4n) is 0.801. The summed E-state index contributed by atoms with van der Waals surface area (Å²) in [4.78, 5) is 11.2. The van der Waals surface area contributed by atoms with Gasteiger partial charge < -0.3 is 9.47 Å². The zero-order chi connectivity index (χ0) is 8.97. The van der Waals surface area contributed by atoms with Crippen molar-refractivity contribution in [2.75, 3.05) is 13.7 Å². The third kappa shape index (κ3) is 1.76. The lowest BCUT2D eigenvalue weighted by Gasteiger charge is -2.01. The molecule has 0 fully saturated rings. The van der Waals surface area contributed by atoms with E-state index < -0.39 is 0 Å². The van der Waals surface area contributed by atoms with E-state index in [0.29, 0.717) is 17.9 Å². The second-order valence-electron chi connectivity index (χ2n) is 2.07. The van der Waals surface area contributed by atoms with Crippen LogP contribution in [0.5, 0.6) is 5.75 Å². The van der Waals surface area contributed by atoms with Crippen LogP contribution in [-0.2, 0) is 4.74 Å². The highest BCUT2D eigenvalue weighted by molar-refractivity contribution is 7.08. The maximum absolute atomic E-state index is 11.2. The van der Waals surface area contributed by atoms with E-state index in [0.717, 1.165) is 0 Å². The molecular weight excluding hydrogens is 176 g/mol. The fourth-order valence-corrected chi connectivity index (χ4v) is 1.56. The molecule has 0 unspecified atom stereocenters. The molecule has 0 aliphatic rings. The number of rotatable bonds is 3. The number of carbonyl (C=O) groups excluding carboxylic acids is 1. The summed E-state index contributed by atoms with van der Waals surface area (Å²) in [6.45, 7) is 2.16. The predicted octanol–water partition coefficient (Wildman–Crippen LogP) is 1.93. The van der Waals surface area contributed by atoms with E-state index in [9.17, 15) is 4.79 Å². The monoisotopic (exact) mass is 186 g/mol. The van der Waals surface area contributed by atoms with Crippen molar-refractivity contribution >= 4 is 17.3 Å². The van der Waals surface area contributed by atoms with E-state index >= 15 is 0 Å². The minimum atomic E-state index is -0.324. The standard InChI is InChI=1S/C8H10O3S/c1-3-11-8(9)6-4-12-5-7(6)10-2/h4-5H,3H2,1-2H3. The minimum Gasteiger partial charge on any atom is -0.495 e. The van der Waals surface area contributed by atoms with Gasteiger partial charge in [0.25, 0.3) is 0 Å². The summed E-state index contributed by atoms with van der Waals surface area (Å²) < 4.78 is 9.78. The highest BCUT2D eigenvalue weighted by Crippen LogP contribution is 2.23. The van der Waals surface area contributed by atoms with Crippen LogP contribution >= 0.6 is 11.3 Å². The number of thiophene rings is 1. The van der Waals surface area contributed by atoms with Crippen molar-refractivity contribution in [3.63, 3.8) is 0 Å². The molecule has 0 N–H and O–H groups in total. The van der Waals surface area contributed by atoms with Gasteiger partial charge in [-0.3, -0.25) is 0 Å². The summed E-state index contributed by atoms with van der Waals surface area (Å²) in [6.07, 6.45) is 0. The molecule has 0 spiro atoms. The summed E-state index contributed by atoms with van der Waals surface area (Å²) in [5.74, 6) is 0.258. The lowest BCUT2D eigenvalue weighted by atomic mass is 10.3. The van der Waals surface area contributed by atoms with E-state index in [4.69, 9.17) is 9.47 Å². The van der Waals surface area contributed by atoms with Crippen molar-refractivity contribution in [3.05, 3.63) is 16.3 Å². The number of hydrogen-bond donors (Lipinski definition) is 0. The second kappa shape index (κ2) is 4.11. The van der Waals surface area contributed by atoms with Gasteiger partial charge in [-0.1, -0.05) is 0 Å². The third-order valence-corrected chi connectivity index (χ3v) is 2.06. The lowest BCUT2D eigenvalue weighted by Crippen LogP contribution is -2.04. The zero-order valence-corrected chi connectivity index (χ0v) is 7.81. The van der Waals surface area contributed by atoms with E-state index in [1.165, 1.54) is 18.4 Å². The topological polar surface area (TPSA) is 35.5 Å². The van der Waals surface area contributed by atoms with Crippen LogP contribution in [0.3, 0.4) is 0 Å². The van der Waals surface area contributed by atoms with Crippen LogP contribution in [0.4, 0.5) is 0 Å². The van der Waals surface area contributed by atoms with Crippen LogP contribution in [0.1, 0.15) is 17.3 Å². The van der Waals surface area contributed by atoms with Gasteiger partial charge in [-0.25, -0.2) is 4.79 Å². The number of hydrogen-bond acceptors (Lipinski definition) is 4. The van der Waals surface area contributed by atoms with Crippen molar-refractivity contribution in [2.45, 2.75) is 6.92 Å². The number of esters is 1. The summed E-state index contributed by atoms with van der Waals surface area (Å²) in [6, 6.07) is 0. The smallest absolute Gasteiger partial charge is 0.342 e. The summed E-state index contributed by atoms with van der Waals surface area (Å²) in [7, 11) is 1.53. The number of carbonyl (C=O) groups is 1. The van der Waals surface area contributed by atoms with Gasteiger partial charge in [-0.15, -0.1) is 11.3 Å². The first-order chi connectivity index (χ1) is 5.79. The van der Waals surface area contributed by atoms with Crippen LogP contribution in [-0.4, -0.2) is 19.7 Å². The molecule has 1 aromatic heterocycles. The van der Waals surface area contributed by atoms with Gasteiger partial charge in [0.2, 0.25) is 0 Å². The van der Waals surface area contributed by atoms with Crippen molar-refractivity contribution in [2.24, 2.45) is 0 Å². The Morgan fingerprint density at radius 3 is 2.92 bits per heavy atom. The molecule has 0 bridgehead atoms. The number of ether oxygens (including phenoxy) is 2. The van der Waals surface area contributed by atoms with Crippen LogP contribution in [0.2, 0.25) is 0 Å². The average Bonchev–Trinajstić information content (AvgIpc) is 2.51. The van der Waals surface area contributed by atoms with Crippen LogP contribution in [0.15, 0.2) is 10.8 Å². The Balaban J connectivity index is 2.79. The first-order valence-corrected chi connectivity index (χ1v) is 4.51. The van der Waals surface area contributed by atoms with Crippen molar-refractivity contribution in [3.8, 4) is 5.75 Å². The molecule has 66 valence electrons. The molecule has 0 saturated carbocycles. The Morgan fingerprint density at radius 1 is 1.58 bits per heavy atom. The Bertz CT molecular complexity index is 267. The van der Waals surface area contributed by atoms with Crippen molar-refractivity contribution in [1.29, 1.82) is 0 Å². The third-order valence-electron chi connectivity index (χ3n) is 1.34. The molecule has 1 rings (SSSR count). The molecular formula is C8H10O3S. The zero-order valence-electron chi connectivity index (χ0n) is 6.99. The van der Waals surface area contributed by atoms with Gasteiger partial charge in [-0.2, -0.15) is 0 Å². The molecule has 0 radical (unpaired) electrons. The molecule has 0 aromatic carbocycles. The van der Waals surface area contributed by atoms with Crippen LogP contribution in [0.25, 0.3) is 0 Å². The minimum absolute atomic E-state index is 0.324. The van der Waals surface area contributed by atoms with Gasteiger partial charge in [0, 0.05) is 10.8 Å². The summed E-state index contributed by atoms with van der Waals surface area (Å²) in [5.41, 5.74) is 0.504. The molecule has 0 amide bonds. The van der Waals surface area contributed by atoms with Crippen LogP contribution in [0, 0.1) is 0 Å². The molecule has 0 atom stereocenters. The maximum atomic E-state index is 11.2. The van der Waals surface area contributed by atoms with E-state index in [1.807, 2.05) is 0 Å². The van der Waals surface area contributed by atoms with E-state index in [2.05, 4.69) is 0 Å². The first kappa shape index (κ1) is 9.06. The predicted molar refractivity (Wildman–Crippen MR) is 46.8 cm³/mol. The second-order valence-corrected chi connectivity index (χ2v) is 2.82. The molecule has 12 heavy (non-hydrogen) atoms. The van der Waals surface area contributed by atoms with Gasteiger partial charge >= 0.3 is 5.97 Å². The summed E-state index contributed by atoms with van der Waals surface area (Å²) in [5, 5.41) is 3.49. The van der Waals surface area contributed by atoms with Gasteiger partial charge in [0.05, 0.1) is 13.7 Å². The Morgan fingerprint density at radius 2 is 2.33 bits per heavy atom. The average molecular weight is 186 g/mol. The Hall–Kier alpha value is -1.03. The summed E-state index contributed by atoms with van der Waals surface area (Å²) >= 11 is 1.42. The SMILES string of the molecule is CCOC(=O)c1cscc1OC. The highest BCUT2D eigenvalue weighted by Gasteiger charge is 2.13. The van der Waals surface area contributed by atoms with Crippen molar-refractivity contribution < 1.29 is 14.3 Å². The fraction of sp³-hybridized carbons (Fsp3) is 0.375. The van der Waals surface area contributed by atoms with Crippen molar-refractivity contribution in [1.82, 2.24) is 0 Å². The maximum Gasteiger partial charge on any atom is 0.342 e. The highest BCUT2D eigenvalue weighted by atomic mass is 32.1. The molecule has 0 aliphatic heterocycles. The number of methoxy groups -OCH3 is 1. The lowest BCUT2D eigenvalue weighted by molar-refractivity contribution is 0.0523. The largest absolute Gasteiger partial charge is 0.495 e. The normalized spacial score (nSPS) is 9.50. The molecule has 1 aromatic rings. The quantitative estimate of drug-likeness (QED) is 0.677. The molecule has 0 aliphatic carbocycles. The Labute approximate surface area is 74.9 Å². The van der Waals surface area contributed by atoms with Gasteiger partial charge in [-0.05, 0) is 6.92 Å². The Kier molecular flexibility index (Phi) is 3.10. The van der Waals surface area contributed by atoms with E-state index in [1.54, 1.807) is 17.7 Å². The van der Waals surface area contributed by atoms with Crippen LogP contribution < -0.4 is 4.74 Å². The first-order valence-electron chi connectivity index (χ1n) is 3.57. The van der Waals surface area contributed by atoms with E-state index in [-0.39, 0.29) is 5.97 Å². The molecule has 0 saturated heterocycles. The van der Waals surface area contributed by atoms with Gasteiger partial charge in [0.1, 0.15) is 11.3 Å².